The largest absolute Gasteiger partial charge is 0.489 e. The highest BCUT2D eigenvalue weighted by atomic mass is 16.6. The predicted octanol–water partition coefficient (Wildman–Crippen LogP) is 5.43. The first-order valence-corrected chi connectivity index (χ1v) is 14.9. The Bertz CT molecular complexity index is 1460. The van der Waals surface area contributed by atoms with Gasteiger partial charge in [-0.1, -0.05) is 36.4 Å². The molecule has 1 aliphatic carbocycles. The molecule has 0 bridgehead atoms. The molecule has 0 aliphatic heterocycles. The van der Waals surface area contributed by atoms with E-state index in [9.17, 15) is 9.59 Å². The highest BCUT2D eigenvalue weighted by Crippen LogP contribution is 2.30. The Hall–Kier alpha value is -5.06. The maximum Gasteiger partial charge on any atom is 0.407 e. The Morgan fingerprint density at radius 3 is 1.78 bits per heavy atom. The molecule has 0 saturated heterocycles. The summed E-state index contributed by atoms with van der Waals surface area (Å²) in [6.45, 7) is 5.90. The molecule has 45 heavy (non-hydrogen) atoms. The van der Waals surface area contributed by atoms with Gasteiger partial charge in [0.25, 0.3) is 0 Å². The van der Waals surface area contributed by atoms with E-state index in [0.29, 0.717) is 54.0 Å². The number of alkyl carbamates (subject to hydrolysis) is 1. The van der Waals surface area contributed by atoms with Crippen molar-refractivity contribution in [1.29, 1.82) is 10.8 Å². The van der Waals surface area contributed by atoms with Crippen LogP contribution < -0.4 is 31.6 Å². The second-order valence-corrected chi connectivity index (χ2v) is 12.2. The number of amides is 2. The summed E-state index contributed by atoms with van der Waals surface area (Å²) < 4.78 is 17.5. The molecule has 11 nitrogen and oxygen atoms in total. The van der Waals surface area contributed by atoms with Crippen LogP contribution in [0.25, 0.3) is 0 Å². The van der Waals surface area contributed by atoms with E-state index in [1.54, 1.807) is 42.5 Å². The highest BCUT2D eigenvalue weighted by Gasteiger charge is 2.28. The van der Waals surface area contributed by atoms with Gasteiger partial charge in [-0.3, -0.25) is 15.6 Å². The van der Waals surface area contributed by atoms with Gasteiger partial charge < -0.3 is 36.3 Å². The molecule has 1 aliphatic rings. The van der Waals surface area contributed by atoms with Crippen LogP contribution in [0.15, 0.2) is 66.7 Å². The van der Waals surface area contributed by atoms with E-state index in [1.165, 1.54) is 0 Å². The third-order valence-corrected chi connectivity index (χ3v) is 7.25. The number of benzene rings is 3. The lowest BCUT2D eigenvalue weighted by Gasteiger charge is -2.29. The maximum atomic E-state index is 13.3. The van der Waals surface area contributed by atoms with Crippen LogP contribution in [0.2, 0.25) is 0 Å². The van der Waals surface area contributed by atoms with Gasteiger partial charge in [-0.2, -0.15) is 0 Å². The lowest BCUT2D eigenvalue weighted by Crippen LogP contribution is -2.42. The molecule has 1 saturated carbocycles. The Balaban J connectivity index is 1.44. The van der Waals surface area contributed by atoms with Gasteiger partial charge in [0, 0.05) is 47.0 Å². The van der Waals surface area contributed by atoms with Crippen LogP contribution in [-0.2, 0) is 22.7 Å². The van der Waals surface area contributed by atoms with Crippen LogP contribution >= 0.6 is 0 Å². The lowest BCUT2D eigenvalue weighted by molar-refractivity contribution is -0.120. The number of anilines is 1. The van der Waals surface area contributed by atoms with E-state index in [4.69, 9.17) is 36.5 Å². The van der Waals surface area contributed by atoms with Gasteiger partial charge in [0.05, 0.1) is 0 Å². The first-order chi connectivity index (χ1) is 21.3. The molecule has 0 atom stereocenters. The summed E-state index contributed by atoms with van der Waals surface area (Å²) in [6, 6.07) is 19.7. The summed E-state index contributed by atoms with van der Waals surface area (Å²) in [7, 11) is 0. The van der Waals surface area contributed by atoms with E-state index in [2.05, 4.69) is 10.6 Å². The molecule has 0 radical (unpaired) electrons. The molecular weight excluding hydrogens is 572 g/mol. The predicted molar refractivity (Wildman–Crippen MR) is 174 cm³/mol. The van der Waals surface area contributed by atoms with Gasteiger partial charge in [-0.25, -0.2) is 4.79 Å². The van der Waals surface area contributed by atoms with E-state index in [0.717, 1.165) is 11.1 Å². The summed E-state index contributed by atoms with van der Waals surface area (Å²) in [4.78, 5) is 25.5. The van der Waals surface area contributed by atoms with Crippen LogP contribution in [0.3, 0.4) is 0 Å². The Kier molecular flexibility index (Phi) is 10.7. The molecule has 3 aromatic carbocycles. The van der Waals surface area contributed by atoms with Crippen molar-refractivity contribution in [3.63, 3.8) is 0 Å². The van der Waals surface area contributed by atoms with E-state index < -0.39 is 11.7 Å². The van der Waals surface area contributed by atoms with Crippen LogP contribution in [0.4, 0.5) is 10.5 Å². The first kappa shape index (κ1) is 32.8. The van der Waals surface area contributed by atoms with Gasteiger partial charge in [-0.05, 0) is 69.7 Å². The van der Waals surface area contributed by atoms with Gasteiger partial charge in [-0.15, -0.1) is 0 Å². The van der Waals surface area contributed by atoms with Crippen LogP contribution in [0.1, 0.15) is 68.7 Å². The normalized spacial score (nSPS) is 16.2. The third-order valence-electron chi connectivity index (χ3n) is 7.25. The summed E-state index contributed by atoms with van der Waals surface area (Å²) >= 11 is 0. The fraction of sp³-hybridized carbons (Fsp3) is 0.353. The van der Waals surface area contributed by atoms with Gasteiger partial charge in [0.15, 0.2) is 0 Å². The highest BCUT2D eigenvalue weighted by molar-refractivity contribution is 5.95. The van der Waals surface area contributed by atoms with Crippen molar-refractivity contribution in [3.05, 3.63) is 89.0 Å². The SMILES string of the molecule is CC(C)(C)OC(=O)NC1CCC(C(=O)Nc2cc(OCc3cccc(C(=N)N)c3)cc(OCc3cccc(C(=N)N)c3)c2)CC1. The lowest BCUT2D eigenvalue weighted by atomic mass is 9.85. The van der Waals surface area contributed by atoms with Crippen molar-refractivity contribution >= 4 is 29.4 Å². The van der Waals surface area contributed by atoms with E-state index in [-0.39, 0.29) is 42.8 Å². The van der Waals surface area contributed by atoms with Crippen LogP contribution in [0.5, 0.6) is 11.5 Å². The zero-order valence-electron chi connectivity index (χ0n) is 25.9. The number of hydrogen-bond acceptors (Lipinski definition) is 7. The molecule has 1 fully saturated rings. The molecule has 11 heteroatoms. The molecule has 0 heterocycles. The number of carbonyl (C=O) groups excluding carboxylic acids is 2. The van der Waals surface area contributed by atoms with Crippen molar-refractivity contribution in [1.82, 2.24) is 5.32 Å². The topological polar surface area (TPSA) is 186 Å². The zero-order valence-corrected chi connectivity index (χ0v) is 25.9. The average Bonchev–Trinajstić information content (AvgIpc) is 2.98. The number of nitrogens with one attached hydrogen (secondary N) is 4. The number of hydrogen-bond donors (Lipinski definition) is 6. The fourth-order valence-electron chi connectivity index (χ4n) is 5.02. The molecule has 4 rings (SSSR count). The smallest absolute Gasteiger partial charge is 0.407 e. The number of nitrogens with two attached hydrogens (primary N) is 2. The fourth-order valence-corrected chi connectivity index (χ4v) is 5.02. The van der Waals surface area contributed by atoms with Crippen molar-refractivity contribution < 1.29 is 23.8 Å². The van der Waals surface area contributed by atoms with Crippen LogP contribution in [0, 0.1) is 16.7 Å². The molecule has 3 aromatic rings. The Morgan fingerprint density at radius 1 is 0.800 bits per heavy atom. The van der Waals surface area contributed by atoms with Gasteiger partial charge in [0.2, 0.25) is 5.91 Å². The summed E-state index contributed by atoms with van der Waals surface area (Å²) in [5.74, 6) is 0.593. The Labute approximate surface area is 263 Å². The number of ether oxygens (including phenoxy) is 3. The molecule has 0 spiro atoms. The van der Waals surface area contributed by atoms with Crippen molar-refractivity contribution in [2.45, 2.75) is 71.3 Å². The molecule has 8 N–H and O–H groups in total. The minimum absolute atomic E-state index is 0.0271. The van der Waals surface area contributed by atoms with E-state index in [1.807, 2.05) is 45.0 Å². The average molecular weight is 615 g/mol. The monoisotopic (exact) mass is 614 g/mol. The molecule has 0 unspecified atom stereocenters. The van der Waals surface area contributed by atoms with E-state index >= 15 is 0 Å². The zero-order chi connectivity index (χ0) is 32.6. The second kappa shape index (κ2) is 14.6. The van der Waals surface area contributed by atoms with Crippen LogP contribution in [-0.4, -0.2) is 35.3 Å². The van der Waals surface area contributed by atoms with Gasteiger partial charge in [0.1, 0.15) is 42.0 Å². The molecule has 238 valence electrons. The third kappa shape index (κ3) is 10.3. The van der Waals surface area contributed by atoms with Crippen molar-refractivity contribution in [3.8, 4) is 11.5 Å². The summed E-state index contributed by atoms with van der Waals surface area (Å²) in [6.07, 6.45) is 2.16. The van der Waals surface area contributed by atoms with Gasteiger partial charge >= 0.3 is 6.09 Å². The quantitative estimate of drug-likeness (QED) is 0.123. The molecule has 0 aromatic heterocycles. The number of carbonyl (C=O) groups is 2. The molecular formula is C34H42N6O5. The minimum Gasteiger partial charge on any atom is -0.489 e. The Morgan fingerprint density at radius 2 is 1.31 bits per heavy atom. The minimum atomic E-state index is -0.570. The first-order valence-electron chi connectivity index (χ1n) is 14.9. The summed E-state index contributed by atoms with van der Waals surface area (Å²) in [5, 5.41) is 21.3. The molecule has 2 amide bonds. The van der Waals surface area contributed by atoms with Crippen molar-refractivity contribution in [2.24, 2.45) is 17.4 Å². The van der Waals surface area contributed by atoms with Crippen molar-refractivity contribution in [2.75, 3.05) is 5.32 Å². The number of amidine groups is 2. The standard InChI is InChI=1S/C34H42N6O5/c1-34(2,3)45-33(42)40-26-12-10-23(11-13-26)32(41)39-27-16-28(43-19-21-6-4-8-24(14-21)30(35)36)18-29(17-27)44-20-22-7-5-9-25(15-22)31(37)38/h4-9,14-18,23,26H,10-13,19-20H2,1-3H3,(H3,35,36)(H3,37,38)(H,39,41)(H,40,42). The number of rotatable bonds is 11. The summed E-state index contributed by atoms with van der Waals surface area (Å²) in [5.41, 5.74) is 14.1. The number of nitrogen functional groups attached to an aromatic ring is 2. The maximum absolute atomic E-state index is 13.3. The second-order valence-electron chi connectivity index (χ2n) is 12.2.